The normalized spacial score (nSPS) is 19.3. The van der Waals surface area contributed by atoms with Crippen molar-refractivity contribution >= 4 is 11.8 Å². The number of halogens is 3. The zero-order valence-corrected chi connectivity index (χ0v) is 11.4. The lowest BCUT2D eigenvalue weighted by Crippen LogP contribution is -2.56. The third-order valence-corrected chi connectivity index (χ3v) is 3.44. The molecule has 1 unspecified atom stereocenters. The fourth-order valence-corrected chi connectivity index (χ4v) is 2.33. The van der Waals surface area contributed by atoms with Crippen LogP contribution >= 0.6 is 0 Å². The van der Waals surface area contributed by atoms with Crippen LogP contribution in [-0.2, 0) is 11.0 Å². The highest BCUT2D eigenvalue weighted by molar-refractivity contribution is 5.98. The zero-order valence-electron chi connectivity index (χ0n) is 11.4. The van der Waals surface area contributed by atoms with Gasteiger partial charge in [-0.2, -0.15) is 13.2 Å². The van der Waals surface area contributed by atoms with Crippen LogP contribution in [0.4, 0.5) is 13.2 Å². The van der Waals surface area contributed by atoms with Crippen molar-refractivity contribution in [2.45, 2.75) is 25.6 Å². The van der Waals surface area contributed by atoms with Crippen molar-refractivity contribution in [1.82, 2.24) is 10.2 Å². The van der Waals surface area contributed by atoms with Crippen molar-refractivity contribution in [2.24, 2.45) is 0 Å². The van der Waals surface area contributed by atoms with Gasteiger partial charge in [0.1, 0.15) is 6.04 Å². The van der Waals surface area contributed by atoms with E-state index in [1.165, 1.54) is 4.90 Å². The van der Waals surface area contributed by atoms with Gasteiger partial charge in [0.05, 0.1) is 5.56 Å². The molecule has 0 aromatic heterocycles. The zero-order chi connectivity index (χ0) is 15.6. The molecule has 1 heterocycles. The van der Waals surface area contributed by atoms with Gasteiger partial charge < -0.3 is 10.2 Å². The van der Waals surface area contributed by atoms with Gasteiger partial charge in [0.2, 0.25) is 5.91 Å². The van der Waals surface area contributed by atoms with Gasteiger partial charge in [-0.3, -0.25) is 9.59 Å². The van der Waals surface area contributed by atoms with Crippen LogP contribution < -0.4 is 5.32 Å². The van der Waals surface area contributed by atoms with E-state index in [-0.39, 0.29) is 11.5 Å². The van der Waals surface area contributed by atoms with Crippen LogP contribution in [0.2, 0.25) is 0 Å². The number of piperazine rings is 1. The number of nitrogens with one attached hydrogen (secondary N) is 1. The highest BCUT2D eigenvalue weighted by atomic mass is 19.4. The largest absolute Gasteiger partial charge is 0.416 e. The van der Waals surface area contributed by atoms with E-state index >= 15 is 0 Å². The first-order chi connectivity index (χ1) is 9.84. The molecule has 2 amide bonds. The second kappa shape index (κ2) is 5.75. The molecule has 7 heteroatoms. The minimum Gasteiger partial charge on any atom is -0.353 e. The Bertz CT molecular complexity index is 540. The van der Waals surface area contributed by atoms with Crippen LogP contribution in [0.15, 0.2) is 24.3 Å². The van der Waals surface area contributed by atoms with Gasteiger partial charge in [-0.15, -0.1) is 0 Å². The molecule has 1 aromatic carbocycles. The van der Waals surface area contributed by atoms with Gasteiger partial charge in [-0.1, -0.05) is 6.92 Å². The maximum absolute atomic E-state index is 12.5. The summed E-state index contributed by atoms with van der Waals surface area (Å²) < 4.78 is 37.5. The van der Waals surface area contributed by atoms with Crippen LogP contribution in [0.25, 0.3) is 0 Å². The Morgan fingerprint density at radius 1 is 1.33 bits per heavy atom. The smallest absolute Gasteiger partial charge is 0.353 e. The number of carbonyl (C=O) groups is 2. The number of hydrogen-bond donors (Lipinski definition) is 1. The Morgan fingerprint density at radius 3 is 2.48 bits per heavy atom. The van der Waals surface area contributed by atoms with E-state index in [4.69, 9.17) is 0 Å². The third kappa shape index (κ3) is 3.17. The van der Waals surface area contributed by atoms with Gasteiger partial charge in [-0.05, 0) is 30.7 Å². The van der Waals surface area contributed by atoms with Crippen LogP contribution in [-0.4, -0.2) is 35.8 Å². The summed E-state index contributed by atoms with van der Waals surface area (Å²) in [5.74, 6) is -0.658. The molecule has 1 aromatic rings. The van der Waals surface area contributed by atoms with Crippen molar-refractivity contribution in [3.8, 4) is 0 Å². The highest BCUT2D eigenvalue weighted by Crippen LogP contribution is 2.29. The van der Waals surface area contributed by atoms with E-state index in [0.29, 0.717) is 19.5 Å². The molecule has 1 aliphatic rings. The summed E-state index contributed by atoms with van der Waals surface area (Å²) in [6.07, 6.45) is -3.98. The minimum atomic E-state index is -4.43. The Kier molecular flexibility index (Phi) is 4.20. The first-order valence-electron chi connectivity index (χ1n) is 6.60. The maximum Gasteiger partial charge on any atom is 0.416 e. The van der Waals surface area contributed by atoms with Crippen LogP contribution in [0, 0.1) is 0 Å². The summed E-state index contributed by atoms with van der Waals surface area (Å²) in [5, 5.41) is 2.67. The lowest BCUT2D eigenvalue weighted by atomic mass is 10.1. The Labute approximate surface area is 119 Å². The van der Waals surface area contributed by atoms with Crippen molar-refractivity contribution in [1.29, 1.82) is 0 Å². The molecule has 4 nitrogen and oxygen atoms in total. The number of alkyl halides is 3. The molecular formula is C14H15F3N2O2. The van der Waals surface area contributed by atoms with E-state index in [0.717, 1.165) is 24.3 Å². The van der Waals surface area contributed by atoms with Crippen molar-refractivity contribution in [3.05, 3.63) is 35.4 Å². The molecule has 2 rings (SSSR count). The van der Waals surface area contributed by atoms with Crippen molar-refractivity contribution in [3.63, 3.8) is 0 Å². The summed E-state index contributed by atoms with van der Waals surface area (Å²) in [4.78, 5) is 25.4. The van der Waals surface area contributed by atoms with Gasteiger partial charge in [-0.25, -0.2) is 0 Å². The average molecular weight is 300 g/mol. The van der Waals surface area contributed by atoms with Crippen LogP contribution in [0.1, 0.15) is 29.3 Å². The molecule has 0 bridgehead atoms. The molecule has 1 atom stereocenters. The number of carbonyl (C=O) groups excluding carboxylic acids is 2. The predicted octanol–water partition coefficient (Wildman–Crippen LogP) is 2.06. The van der Waals surface area contributed by atoms with E-state index in [1.54, 1.807) is 6.92 Å². The molecule has 0 saturated carbocycles. The van der Waals surface area contributed by atoms with Gasteiger partial charge in [0.25, 0.3) is 5.91 Å². The Hall–Kier alpha value is -2.05. The Balaban J connectivity index is 2.21. The SMILES string of the molecule is CCC1C(=O)NCCN1C(=O)c1ccc(C(F)(F)F)cc1. The molecule has 1 N–H and O–H groups in total. The number of benzene rings is 1. The third-order valence-electron chi connectivity index (χ3n) is 3.44. The second-order valence-electron chi connectivity index (χ2n) is 4.79. The fourth-order valence-electron chi connectivity index (χ4n) is 2.33. The molecule has 0 spiro atoms. The molecular weight excluding hydrogens is 285 g/mol. The average Bonchev–Trinajstić information content (AvgIpc) is 2.45. The lowest BCUT2D eigenvalue weighted by Gasteiger charge is -2.34. The van der Waals surface area contributed by atoms with E-state index < -0.39 is 23.7 Å². The quantitative estimate of drug-likeness (QED) is 0.909. The van der Waals surface area contributed by atoms with Crippen molar-refractivity contribution < 1.29 is 22.8 Å². The molecule has 0 aliphatic carbocycles. The maximum atomic E-state index is 12.5. The van der Waals surface area contributed by atoms with E-state index in [9.17, 15) is 22.8 Å². The summed E-state index contributed by atoms with van der Waals surface area (Å²) in [6, 6.07) is 3.46. The number of amides is 2. The monoisotopic (exact) mass is 300 g/mol. The first-order valence-corrected chi connectivity index (χ1v) is 6.60. The molecule has 1 aliphatic heterocycles. The standard InChI is InChI=1S/C14H15F3N2O2/c1-2-11-12(20)18-7-8-19(11)13(21)9-3-5-10(6-4-9)14(15,16)17/h3-6,11H,2,7-8H2,1H3,(H,18,20). The van der Waals surface area contributed by atoms with E-state index in [2.05, 4.69) is 5.32 Å². The molecule has 0 radical (unpaired) electrons. The van der Waals surface area contributed by atoms with Crippen LogP contribution in [0.3, 0.4) is 0 Å². The summed E-state index contributed by atoms with van der Waals surface area (Å²) in [5.41, 5.74) is -0.654. The van der Waals surface area contributed by atoms with E-state index in [1.807, 2.05) is 0 Å². The van der Waals surface area contributed by atoms with Gasteiger partial charge in [0, 0.05) is 18.7 Å². The summed E-state index contributed by atoms with van der Waals surface area (Å²) in [7, 11) is 0. The summed E-state index contributed by atoms with van der Waals surface area (Å²) in [6.45, 7) is 2.48. The number of rotatable bonds is 2. The molecule has 21 heavy (non-hydrogen) atoms. The first kappa shape index (κ1) is 15.3. The minimum absolute atomic E-state index is 0.149. The van der Waals surface area contributed by atoms with Crippen molar-refractivity contribution in [2.75, 3.05) is 13.1 Å². The molecule has 1 fully saturated rings. The topological polar surface area (TPSA) is 49.4 Å². The predicted molar refractivity (Wildman–Crippen MR) is 69.6 cm³/mol. The van der Waals surface area contributed by atoms with Gasteiger partial charge in [0.15, 0.2) is 0 Å². The Morgan fingerprint density at radius 2 is 1.95 bits per heavy atom. The van der Waals surface area contributed by atoms with Gasteiger partial charge >= 0.3 is 6.18 Å². The molecule has 114 valence electrons. The highest BCUT2D eigenvalue weighted by Gasteiger charge is 2.33. The molecule has 1 saturated heterocycles. The second-order valence-corrected chi connectivity index (χ2v) is 4.79. The summed E-state index contributed by atoms with van der Waals surface area (Å²) >= 11 is 0. The van der Waals surface area contributed by atoms with Crippen LogP contribution in [0.5, 0.6) is 0 Å². The fraction of sp³-hybridized carbons (Fsp3) is 0.429. The lowest BCUT2D eigenvalue weighted by molar-refractivity contribution is -0.137. The number of hydrogen-bond acceptors (Lipinski definition) is 2. The number of nitrogens with zero attached hydrogens (tertiary/aromatic N) is 1.